The van der Waals surface area contributed by atoms with Crippen molar-refractivity contribution >= 4 is 17.3 Å². The number of hydrogen-bond donors (Lipinski definition) is 2. The second-order valence-electron chi connectivity index (χ2n) is 5.67. The quantitative estimate of drug-likeness (QED) is 0.851. The second-order valence-corrected chi connectivity index (χ2v) is 5.67. The summed E-state index contributed by atoms with van der Waals surface area (Å²) < 4.78 is 5.35. The van der Waals surface area contributed by atoms with E-state index in [0.717, 1.165) is 36.4 Å². The number of furan rings is 1. The minimum atomic E-state index is 0.141. The lowest BCUT2D eigenvalue weighted by Crippen LogP contribution is -2.18. The molecule has 1 aliphatic rings. The lowest BCUT2D eigenvalue weighted by atomic mass is 10.2. The molecule has 4 heteroatoms. The van der Waals surface area contributed by atoms with Crippen LogP contribution in [0.3, 0.4) is 0 Å². The number of rotatable bonds is 6. The van der Waals surface area contributed by atoms with Gasteiger partial charge in [-0.2, -0.15) is 0 Å². The first-order valence-corrected chi connectivity index (χ1v) is 7.40. The molecule has 0 spiro atoms. The molecule has 1 saturated carbocycles. The normalized spacial score (nSPS) is 15.5. The van der Waals surface area contributed by atoms with Crippen LogP contribution in [0.2, 0.25) is 0 Å². The van der Waals surface area contributed by atoms with Gasteiger partial charge in [0.25, 0.3) is 0 Å². The summed E-state index contributed by atoms with van der Waals surface area (Å²) in [4.78, 5) is 11.7. The maximum absolute atomic E-state index is 11.7. The van der Waals surface area contributed by atoms with Crippen molar-refractivity contribution in [2.75, 3.05) is 10.6 Å². The number of carbonyl (C=O) groups excluding carboxylic acids is 1. The molecule has 0 bridgehead atoms. The molecule has 3 rings (SSSR count). The van der Waals surface area contributed by atoms with Crippen LogP contribution in [0.25, 0.3) is 0 Å². The van der Waals surface area contributed by atoms with Gasteiger partial charge in [-0.3, -0.25) is 4.79 Å². The number of anilines is 2. The summed E-state index contributed by atoms with van der Waals surface area (Å²) in [7, 11) is 0. The molecule has 0 radical (unpaired) electrons. The first-order chi connectivity index (χ1) is 10.2. The van der Waals surface area contributed by atoms with Crippen LogP contribution >= 0.6 is 0 Å². The minimum absolute atomic E-state index is 0.141. The van der Waals surface area contributed by atoms with Crippen molar-refractivity contribution in [3.8, 4) is 0 Å². The summed E-state index contributed by atoms with van der Waals surface area (Å²) in [5.74, 6) is 1.35. The van der Waals surface area contributed by atoms with E-state index in [1.807, 2.05) is 36.4 Å². The Morgan fingerprint density at radius 1 is 1.24 bits per heavy atom. The molecule has 1 aliphatic carbocycles. The summed E-state index contributed by atoms with van der Waals surface area (Å²) in [6.45, 7) is 2.12. The van der Waals surface area contributed by atoms with E-state index < -0.39 is 0 Å². The van der Waals surface area contributed by atoms with Crippen LogP contribution in [0, 0.1) is 5.92 Å². The monoisotopic (exact) mass is 284 g/mol. The number of benzene rings is 1. The van der Waals surface area contributed by atoms with Gasteiger partial charge in [-0.1, -0.05) is 0 Å². The number of amides is 1. The van der Waals surface area contributed by atoms with E-state index in [0.29, 0.717) is 0 Å². The van der Waals surface area contributed by atoms with E-state index >= 15 is 0 Å². The van der Waals surface area contributed by atoms with Crippen molar-refractivity contribution in [3.63, 3.8) is 0 Å². The van der Waals surface area contributed by atoms with Crippen molar-refractivity contribution in [2.45, 2.75) is 32.2 Å². The van der Waals surface area contributed by atoms with Crippen molar-refractivity contribution in [1.82, 2.24) is 0 Å². The summed E-state index contributed by atoms with van der Waals surface area (Å²) in [5, 5.41) is 6.36. The molecule has 2 N–H and O–H groups in total. The average Bonchev–Trinajstić information content (AvgIpc) is 3.20. The molecule has 1 amide bonds. The van der Waals surface area contributed by atoms with Crippen LogP contribution in [0.1, 0.15) is 25.5 Å². The first kappa shape index (κ1) is 13.7. The molecule has 1 unspecified atom stereocenters. The molecule has 1 fully saturated rings. The molecule has 0 aliphatic heterocycles. The van der Waals surface area contributed by atoms with Crippen LogP contribution < -0.4 is 10.6 Å². The molecular weight excluding hydrogens is 264 g/mol. The predicted octanol–water partition coefficient (Wildman–Crippen LogP) is 3.67. The van der Waals surface area contributed by atoms with Crippen molar-refractivity contribution in [3.05, 3.63) is 48.4 Å². The van der Waals surface area contributed by atoms with Crippen molar-refractivity contribution in [2.24, 2.45) is 5.92 Å². The zero-order valence-corrected chi connectivity index (χ0v) is 12.1. The molecular formula is C17H20N2O2. The van der Waals surface area contributed by atoms with Crippen LogP contribution in [0.5, 0.6) is 0 Å². The van der Waals surface area contributed by atoms with Crippen LogP contribution in [0.4, 0.5) is 11.4 Å². The van der Waals surface area contributed by atoms with Crippen LogP contribution in [-0.4, -0.2) is 11.9 Å². The molecule has 4 nitrogen and oxygen atoms in total. The third-order valence-electron chi connectivity index (χ3n) is 3.60. The summed E-state index contributed by atoms with van der Waals surface area (Å²) >= 11 is 0. The van der Waals surface area contributed by atoms with Gasteiger partial charge in [0.2, 0.25) is 5.91 Å². The van der Waals surface area contributed by atoms with Gasteiger partial charge in [0.05, 0.1) is 6.26 Å². The standard InChI is InChI=1S/C17H20N2O2/c1-12(11-16-3-2-10-21-16)18-14-6-8-15(9-7-14)19-17(20)13-4-5-13/h2-3,6-10,12-13,18H,4-5,11H2,1H3,(H,19,20). The molecule has 110 valence electrons. The fourth-order valence-electron chi connectivity index (χ4n) is 2.31. The Labute approximate surface area is 124 Å². The fourth-order valence-corrected chi connectivity index (χ4v) is 2.31. The minimum Gasteiger partial charge on any atom is -0.469 e. The molecule has 1 aromatic carbocycles. The molecule has 1 heterocycles. The third-order valence-corrected chi connectivity index (χ3v) is 3.60. The van der Waals surface area contributed by atoms with Gasteiger partial charge in [-0.25, -0.2) is 0 Å². The lowest BCUT2D eigenvalue weighted by molar-refractivity contribution is -0.117. The average molecular weight is 284 g/mol. The third kappa shape index (κ3) is 3.88. The van der Waals surface area contributed by atoms with Gasteiger partial charge in [-0.05, 0) is 56.2 Å². The Morgan fingerprint density at radius 3 is 2.57 bits per heavy atom. The molecule has 2 aromatic rings. The smallest absolute Gasteiger partial charge is 0.227 e. The highest BCUT2D eigenvalue weighted by Crippen LogP contribution is 2.30. The predicted molar refractivity (Wildman–Crippen MR) is 83.3 cm³/mol. The number of nitrogens with one attached hydrogen (secondary N) is 2. The zero-order chi connectivity index (χ0) is 14.7. The van der Waals surface area contributed by atoms with E-state index in [4.69, 9.17) is 4.42 Å². The van der Waals surface area contributed by atoms with Gasteiger partial charge in [0, 0.05) is 29.8 Å². The highest BCUT2D eigenvalue weighted by molar-refractivity contribution is 5.94. The highest BCUT2D eigenvalue weighted by Gasteiger charge is 2.29. The molecule has 21 heavy (non-hydrogen) atoms. The largest absolute Gasteiger partial charge is 0.469 e. The fraction of sp³-hybridized carbons (Fsp3) is 0.353. The summed E-state index contributed by atoms with van der Waals surface area (Å²) in [6.07, 6.45) is 4.58. The highest BCUT2D eigenvalue weighted by atomic mass is 16.3. The Morgan fingerprint density at radius 2 is 1.95 bits per heavy atom. The summed E-state index contributed by atoms with van der Waals surface area (Å²) in [5.41, 5.74) is 1.90. The van der Waals surface area contributed by atoms with Crippen molar-refractivity contribution in [1.29, 1.82) is 0 Å². The summed E-state index contributed by atoms with van der Waals surface area (Å²) in [6, 6.07) is 12.0. The first-order valence-electron chi connectivity index (χ1n) is 7.40. The molecule has 1 aromatic heterocycles. The Bertz CT molecular complexity index is 586. The van der Waals surface area contributed by atoms with Crippen LogP contribution in [0.15, 0.2) is 47.1 Å². The van der Waals surface area contributed by atoms with Crippen LogP contribution in [-0.2, 0) is 11.2 Å². The van der Waals surface area contributed by atoms with Gasteiger partial charge in [0.15, 0.2) is 0 Å². The Kier molecular flexibility index (Phi) is 3.95. The van der Waals surface area contributed by atoms with Gasteiger partial charge in [-0.15, -0.1) is 0 Å². The lowest BCUT2D eigenvalue weighted by Gasteiger charge is -2.14. The van der Waals surface area contributed by atoms with Gasteiger partial charge in [0.1, 0.15) is 5.76 Å². The van der Waals surface area contributed by atoms with E-state index in [1.165, 1.54) is 0 Å². The number of carbonyl (C=O) groups is 1. The van der Waals surface area contributed by atoms with Gasteiger partial charge >= 0.3 is 0 Å². The Balaban J connectivity index is 1.52. The zero-order valence-electron chi connectivity index (χ0n) is 12.1. The van der Waals surface area contributed by atoms with E-state index in [2.05, 4.69) is 17.6 Å². The van der Waals surface area contributed by atoms with Gasteiger partial charge < -0.3 is 15.1 Å². The van der Waals surface area contributed by atoms with Crippen molar-refractivity contribution < 1.29 is 9.21 Å². The maximum atomic E-state index is 11.7. The van der Waals surface area contributed by atoms with E-state index in [-0.39, 0.29) is 17.9 Å². The molecule has 1 atom stereocenters. The number of hydrogen-bond acceptors (Lipinski definition) is 3. The second kappa shape index (κ2) is 6.04. The topological polar surface area (TPSA) is 54.3 Å². The molecule has 0 saturated heterocycles. The van der Waals surface area contributed by atoms with E-state index in [9.17, 15) is 4.79 Å². The Hall–Kier alpha value is -2.23. The SMILES string of the molecule is CC(Cc1ccco1)Nc1ccc(NC(=O)C2CC2)cc1. The maximum Gasteiger partial charge on any atom is 0.227 e. The van der Waals surface area contributed by atoms with E-state index in [1.54, 1.807) is 6.26 Å².